The van der Waals surface area contributed by atoms with E-state index in [4.69, 9.17) is 0 Å². The van der Waals surface area contributed by atoms with E-state index in [2.05, 4.69) is 28.3 Å². The van der Waals surface area contributed by atoms with E-state index in [1.165, 1.54) is 31.9 Å². The second-order valence-electron chi connectivity index (χ2n) is 3.89. The highest BCUT2D eigenvalue weighted by molar-refractivity contribution is 6.02. The molecular formula is C12H20N2O2. The molecule has 0 aliphatic heterocycles. The third-order valence-electron chi connectivity index (χ3n) is 2.66. The minimum Gasteiger partial charge on any atom is -0.452 e. The Morgan fingerprint density at radius 2 is 2.38 bits per heavy atom. The third-order valence-corrected chi connectivity index (χ3v) is 2.66. The lowest BCUT2D eigenvalue weighted by molar-refractivity contribution is 0.171. The minimum atomic E-state index is -0.507. The molecule has 0 radical (unpaired) electrons. The molecule has 0 atom stereocenters. The number of methoxy groups -OCH3 is 1. The molecule has 0 heterocycles. The van der Waals surface area contributed by atoms with Crippen LogP contribution in [0.4, 0.5) is 4.79 Å². The van der Waals surface area contributed by atoms with Gasteiger partial charge in [-0.25, -0.2) is 10.2 Å². The molecule has 4 heteroatoms. The van der Waals surface area contributed by atoms with E-state index < -0.39 is 6.09 Å². The van der Waals surface area contributed by atoms with Crippen LogP contribution in [0.3, 0.4) is 0 Å². The van der Waals surface area contributed by atoms with Gasteiger partial charge < -0.3 is 4.74 Å². The fourth-order valence-corrected chi connectivity index (χ4v) is 1.76. The smallest absolute Gasteiger partial charge is 0.427 e. The maximum atomic E-state index is 10.9. The summed E-state index contributed by atoms with van der Waals surface area (Å²) in [6.07, 6.45) is 8.39. The molecule has 0 aromatic heterocycles. The molecule has 0 saturated carbocycles. The molecule has 1 amide bonds. The van der Waals surface area contributed by atoms with E-state index in [1.54, 1.807) is 0 Å². The maximum absolute atomic E-state index is 10.9. The average Bonchev–Trinajstić information content (AvgIpc) is 2.74. The van der Waals surface area contributed by atoms with Crippen molar-refractivity contribution in [1.82, 2.24) is 5.43 Å². The number of nitrogens with zero attached hydrogens (tertiary/aromatic N) is 1. The molecule has 1 rings (SSSR count). The lowest BCUT2D eigenvalue weighted by Gasteiger charge is -2.04. The SMILES string of the molecule is CCCCCC1=CCC/C1=N/NC(=O)OC. The van der Waals surface area contributed by atoms with Crippen LogP contribution in [0.5, 0.6) is 0 Å². The first-order valence-electron chi connectivity index (χ1n) is 5.87. The van der Waals surface area contributed by atoms with Crippen molar-refractivity contribution < 1.29 is 9.53 Å². The van der Waals surface area contributed by atoms with Crippen LogP contribution in [0.2, 0.25) is 0 Å². The average molecular weight is 224 g/mol. The summed E-state index contributed by atoms with van der Waals surface area (Å²) in [7, 11) is 1.34. The van der Waals surface area contributed by atoms with Gasteiger partial charge in [0.05, 0.1) is 12.8 Å². The van der Waals surface area contributed by atoms with E-state index >= 15 is 0 Å². The molecule has 1 N–H and O–H groups in total. The second-order valence-corrected chi connectivity index (χ2v) is 3.89. The quantitative estimate of drug-likeness (QED) is 0.576. The number of rotatable bonds is 5. The van der Waals surface area contributed by atoms with E-state index in [0.29, 0.717) is 0 Å². The summed E-state index contributed by atoms with van der Waals surface area (Å²) in [6.45, 7) is 2.19. The summed E-state index contributed by atoms with van der Waals surface area (Å²) in [5.41, 5.74) is 4.66. The van der Waals surface area contributed by atoms with Crippen molar-refractivity contribution in [2.24, 2.45) is 5.10 Å². The molecule has 0 spiro atoms. The van der Waals surface area contributed by atoms with Gasteiger partial charge in [-0.1, -0.05) is 25.8 Å². The largest absolute Gasteiger partial charge is 0.452 e. The first-order valence-corrected chi connectivity index (χ1v) is 5.87. The van der Waals surface area contributed by atoms with Crippen LogP contribution >= 0.6 is 0 Å². The van der Waals surface area contributed by atoms with Crippen molar-refractivity contribution >= 4 is 11.8 Å². The fraction of sp³-hybridized carbons (Fsp3) is 0.667. The van der Waals surface area contributed by atoms with Crippen LogP contribution in [-0.2, 0) is 4.74 Å². The van der Waals surface area contributed by atoms with E-state index in [1.807, 2.05) is 0 Å². The van der Waals surface area contributed by atoms with Crippen molar-refractivity contribution in [2.75, 3.05) is 7.11 Å². The summed E-state index contributed by atoms with van der Waals surface area (Å²) in [4.78, 5) is 10.9. The molecule has 4 nitrogen and oxygen atoms in total. The normalized spacial score (nSPS) is 17.4. The van der Waals surface area contributed by atoms with Gasteiger partial charge in [0, 0.05) is 0 Å². The van der Waals surface area contributed by atoms with Gasteiger partial charge in [-0.05, 0) is 31.3 Å². The van der Waals surface area contributed by atoms with Crippen LogP contribution in [0, 0.1) is 0 Å². The Morgan fingerprint density at radius 3 is 3.06 bits per heavy atom. The minimum absolute atomic E-state index is 0.507. The van der Waals surface area contributed by atoms with Gasteiger partial charge in [0.25, 0.3) is 0 Å². The molecule has 16 heavy (non-hydrogen) atoms. The summed E-state index contributed by atoms with van der Waals surface area (Å²) in [6, 6.07) is 0. The Bertz CT molecular complexity index is 295. The molecule has 1 aliphatic rings. The van der Waals surface area contributed by atoms with Gasteiger partial charge in [-0.2, -0.15) is 5.10 Å². The van der Waals surface area contributed by atoms with Crippen LogP contribution in [0.15, 0.2) is 16.8 Å². The Morgan fingerprint density at radius 1 is 1.56 bits per heavy atom. The number of hydrogen-bond donors (Lipinski definition) is 1. The molecule has 0 saturated heterocycles. The fourth-order valence-electron chi connectivity index (χ4n) is 1.76. The summed E-state index contributed by atoms with van der Waals surface area (Å²) < 4.78 is 4.47. The van der Waals surface area contributed by atoms with Crippen LogP contribution < -0.4 is 5.43 Å². The van der Waals surface area contributed by atoms with Gasteiger partial charge in [0.2, 0.25) is 0 Å². The summed E-state index contributed by atoms with van der Waals surface area (Å²) >= 11 is 0. The van der Waals surface area contributed by atoms with Gasteiger partial charge >= 0.3 is 6.09 Å². The first kappa shape index (κ1) is 12.7. The molecule has 0 bridgehead atoms. The van der Waals surface area contributed by atoms with Gasteiger partial charge in [0.1, 0.15) is 0 Å². The Balaban J connectivity index is 2.41. The van der Waals surface area contributed by atoms with Crippen molar-refractivity contribution in [3.63, 3.8) is 0 Å². The number of amides is 1. The highest BCUT2D eigenvalue weighted by Crippen LogP contribution is 2.20. The predicted molar refractivity (Wildman–Crippen MR) is 64.4 cm³/mol. The number of hydrogen-bond acceptors (Lipinski definition) is 3. The third kappa shape index (κ3) is 4.04. The molecule has 0 unspecified atom stereocenters. The standard InChI is InChI=1S/C12H20N2O2/c1-3-4-5-7-10-8-6-9-11(10)13-14-12(15)16-2/h8H,3-7,9H2,1-2H3,(H,14,15)/b13-11-. The Hall–Kier alpha value is -1.32. The van der Waals surface area contributed by atoms with Crippen molar-refractivity contribution in [3.8, 4) is 0 Å². The Labute approximate surface area is 96.7 Å². The molecule has 0 fully saturated rings. The van der Waals surface area contributed by atoms with Crippen molar-refractivity contribution in [2.45, 2.75) is 45.4 Å². The van der Waals surface area contributed by atoms with Gasteiger partial charge in [0.15, 0.2) is 0 Å². The summed E-state index contributed by atoms with van der Waals surface area (Å²) in [5.74, 6) is 0. The lowest BCUT2D eigenvalue weighted by atomic mass is 10.1. The van der Waals surface area contributed by atoms with Crippen LogP contribution in [0.25, 0.3) is 0 Å². The zero-order valence-electron chi connectivity index (χ0n) is 10.1. The van der Waals surface area contributed by atoms with Crippen LogP contribution in [0.1, 0.15) is 45.4 Å². The molecule has 0 aromatic carbocycles. The number of hydrazone groups is 1. The topological polar surface area (TPSA) is 50.7 Å². The number of ether oxygens (including phenoxy) is 1. The van der Waals surface area contributed by atoms with Crippen molar-refractivity contribution in [3.05, 3.63) is 11.6 Å². The van der Waals surface area contributed by atoms with E-state index in [9.17, 15) is 4.79 Å². The number of allylic oxidation sites excluding steroid dienone is 2. The zero-order valence-corrected chi connectivity index (χ0v) is 10.1. The number of carbonyl (C=O) groups excluding carboxylic acids is 1. The zero-order chi connectivity index (χ0) is 11.8. The van der Waals surface area contributed by atoms with Gasteiger partial charge in [-0.15, -0.1) is 0 Å². The molecule has 0 aromatic rings. The summed E-state index contributed by atoms with van der Waals surface area (Å²) in [5, 5.41) is 4.08. The van der Waals surface area contributed by atoms with E-state index in [0.717, 1.165) is 25.0 Å². The predicted octanol–water partition coefficient (Wildman–Crippen LogP) is 3.00. The maximum Gasteiger partial charge on any atom is 0.427 e. The molecule has 1 aliphatic carbocycles. The van der Waals surface area contributed by atoms with Crippen molar-refractivity contribution in [1.29, 1.82) is 0 Å². The molecule has 90 valence electrons. The van der Waals surface area contributed by atoms with Crippen LogP contribution in [-0.4, -0.2) is 18.9 Å². The lowest BCUT2D eigenvalue weighted by Crippen LogP contribution is -2.19. The Kier molecular flexibility index (Phi) is 5.61. The van der Waals surface area contributed by atoms with E-state index in [-0.39, 0.29) is 0 Å². The highest BCUT2D eigenvalue weighted by atomic mass is 16.5. The number of unbranched alkanes of at least 4 members (excludes halogenated alkanes) is 2. The molecular weight excluding hydrogens is 204 g/mol. The number of nitrogens with one attached hydrogen (secondary N) is 1. The highest BCUT2D eigenvalue weighted by Gasteiger charge is 2.13. The first-order chi connectivity index (χ1) is 7.77. The monoisotopic (exact) mass is 224 g/mol. The second kappa shape index (κ2) is 7.04. The number of carbonyl (C=O) groups is 1. The van der Waals surface area contributed by atoms with Gasteiger partial charge in [-0.3, -0.25) is 0 Å².